The Morgan fingerprint density at radius 2 is 2.24 bits per heavy atom. The molecule has 1 aromatic heterocycles. The van der Waals surface area contributed by atoms with Gasteiger partial charge in [0.15, 0.2) is 0 Å². The van der Waals surface area contributed by atoms with Crippen molar-refractivity contribution in [3.8, 4) is 0 Å². The summed E-state index contributed by atoms with van der Waals surface area (Å²) in [5.41, 5.74) is 7.52. The second kappa shape index (κ2) is 5.63. The molecule has 0 aromatic carbocycles. The molecule has 0 radical (unpaired) electrons. The van der Waals surface area contributed by atoms with Crippen molar-refractivity contribution in [2.75, 3.05) is 0 Å². The summed E-state index contributed by atoms with van der Waals surface area (Å²) in [6.07, 6.45) is 8.16. The van der Waals surface area contributed by atoms with Crippen LogP contribution in [-0.4, -0.2) is 21.0 Å². The topological polar surface area (TPSA) is 56.7 Å². The highest BCUT2D eigenvalue weighted by Crippen LogP contribution is 2.37. The Morgan fingerprint density at radius 1 is 1.41 bits per heavy atom. The Morgan fingerprint density at radius 3 is 2.94 bits per heavy atom. The van der Waals surface area contributed by atoms with E-state index >= 15 is 0 Å². The van der Waals surface area contributed by atoms with E-state index in [9.17, 15) is 0 Å². The number of aryl methyl sites for hydroxylation is 1. The fraction of sp³-hybridized carbons (Fsp3) is 0.846. The summed E-state index contributed by atoms with van der Waals surface area (Å²) in [6.45, 7) is 5.26. The van der Waals surface area contributed by atoms with Crippen LogP contribution in [0.4, 0.5) is 0 Å². The molecule has 1 heterocycles. The van der Waals surface area contributed by atoms with Crippen molar-refractivity contribution >= 4 is 0 Å². The minimum absolute atomic E-state index is 0.284. The molecular weight excluding hydrogens is 212 g/mol. The van der Waals surface area contributed by atoms with Crippen LogP contribution in [0.25, 0.3) is 0 Å². The van der Waals surface area contributed by atoms with Crippen LogP contribution in [0.2, 0.25) is 0 Å². The Labute approximate surface area is 104 Å². The number of aromatic nitrogens is 3. The van der Waals surface area contributed by atoms with E-state index in [1.165, 1.54) is 31.4 Å². The third kappa shape index (κ3) is 2.68. The van der Waals surface area contributed by atoms with Gasteiger partial charge in [0, 0.05) is 18.5 Å². The predicted octanol–water partition coefficient (Wildman–Crippen LogP) is 2.31. The minimum Gasteiger partial charge on any atom is -0.327 e. The lowest BCUT2D eigenvalue weighted by Gasteiger charge is -2.34. The molecule has 0 saturated heterocycles. The summed E-state index contributed by atoms with van der Waals surface area (Å²) in [5.74, 6) is 1.29. The summed E-state index contributed by atoms with van der Waals surface area (Å²) in [5, 5.41) is 8.16. The first kappa shape index (κ1) is 12.6. The van der Waals surface area contributed by atoms with Crippen LogP contribution < -0.4 is 5.73 Å². The predicted molar refractivity (Wildman–Crippen MR) is 68.7 cm³/mol. The highest BCUT2D eigenvalue weighted by molar-refractivity contribution is 5.09. The molecule has 0 spiro atoms. The zero-order chi connectivity index (χ0) is 12.3. The average molecular weight is 236 g/mol. The Hall–Kier alpha value is -0.900. The summed E-state index contributed by atoms with van der Waals surface area (Å²) in [6, 6.07) is 0.284. The molecular formula is C13H24N4. The van der Waals surface area contributed by atoms with Gasteiger partial charge in [-0.25, -0.2) is 4.68 Å². The quantitative estimate of drug-likeness (QED) is 0.872. The second-order valence-corrected chi connectivity index (χ2v) is 5.21. The molecule has 17 heavy (non-hydrogen) atoms. The summed E-state index contributed by atoms with van der Waals surface area (Å²) in [4.78, 5) is 0. The van der Waals surface area contributed by atoms with Gasteiger partial charge in [0.25, 0.3) is 0 Å². The Kier molecular flexibility index (Phi) is 4.15. The third-order valence-electron chi connectivity index (χ3n) is 4.04. The van der Waals surface area contributed by atoms with E-state index in [2.05, 4.69) is 24.2 Å². The van der Waals surface area contributed by atoms with E-state index in [0.29, 0.717) is 5.92 Å². The van der Waals surface area contributed by atoms with E-state index in [4.69, 9.17) is 5.73 Å². The van der Waals surface area contributed by atoms with Crippen molar-refractivity contribution in [1.82, 2.24) is 15.0 Å². The van der Waals surface area contributed by atoms with Gasteiger partial charge in [0.05, 0.1) is 11.9 Å². The van der Waals surface area contributed by atoms with Gasteiger partial charge >= 0.3 is 0 Å². The molecule has 3 atom stereocenters. The minimum atomic E-state index is 0.284. The number of hydrogen-bond acceptors (Lipinski definition) is 3. The first-order valence-corrected chi connectivity index (χ1v) is 6.90. The van der Waals surface area contributed by atoms with Crippen molar-refractivity contribution in [1.29, 1.82) is 0 Å². The van der Waals surface area contributed by atoms with Gasteiger partial charge in [-0.15, -0.1) is 5.10 Å². The fourth-order valence-electron chi connectivity index (χ4n) is 3.09. The molecule has 96 valence electrons. The summed E-state index contributed by atoms with van der Waals surface area (Å²) < 4.78 is 2.00. The fourth-order valence-corrected chi connectivity index (χ4v) is 3.09. The molecule has 2 N–H and O–H groups in total. The van der Waals surface area contributed by atoms with Crippen molar-refractivity contribution in [3.05, 3.63) is 11.9 Å². The maximum absolute atomic E-state index is 6.28. The third-order valence-corrected chi connectivity index (χ3v) is 4.04. The van der Waals surface area contributed by atoms with Gasteiger partial charge in [0.2, 0.25) is 0 Å². The molecule has 0 bridgehead atoms. The van der Waals surface area contributed by atoms with Crippen LogP contribution in [0.5, 0.6) is 0 Å². The highest BCUT2D eigenvalue weighted by atomic mass is 15.4. The van der Waals surface area contributed by atoms with Crippen LogP contribution in [0.1, 0.15) is 57.6 Å². The van der Waals surface area contributed by atoms with Crippen LogP contribution in [0, 0.1) is 5.92 Å². The molecule has 0 aliphatic heterocycles. The molecule has 1 saturated carbocycles. The van der Waals surface area contributed by atoms with Crippen LogP contribution in [0.15, 0.2) is 6.20 Å². The smallest absolute Gasteiger partial charge is 0.0728 e. The molecule has 4 nitrogen and oxygen atoms in total. The highest BCUT2D eigenvalue weighted by Gasteiger charge is 2.31. The second-order valence-electron chi connectivity index (χ2n) is 5.21. The molecule has 1 aromatic rings. The normalized spacial score (nSPS) is 29.5. The van der Waals surface area contributed by atoms with E-state index in [1.54, 1.807) is 0 Å². The van der Waals surface area contributed by atoms with E-state index in [-0.39, 0.29) is 6.04 Å². The lowest BCUT2D eigenvalue weighted by molar-refractivity contribution is 0.265. The summed E-state index contributed by atoms with van der Waals surface area (Å²) in [7, 11) is 0. The van der Waals surface area contributed by atoms with Crippen molar-refractivity contribution in [2.45, 2.75) is 64.5 Å². The van der Waals surface area contributed by atoms with E-state index < -0.39 is 0 Å². The Balaban J connectivity index is 2.12. The largest absolute Gasteiger partial charge is 0.327 e. The Bertz CT molecular complexity index is 347. The standard InChI is InChI=1S/C13H24N4/c1-3-5-10-6-7-12(14)11(8-10)13-9-15-16-17(13)4-2/h9-12H,3-8,14H2,1-2H3. The zero-order valence-corrected chi connectivity index (χ0v) is 11.0. The SMILES string of the molecule is CCCC1CCC(N)C(c2cnnn2CC)C1. The van der Waals surface area contributed by atoms with Crippen LogP contribution >= 0.6 is 0 Å². The van der Waals surface area contributed by atoms with Gasteiger partial charge in [-0.1, -0.05) is 25.0 Å². The van der Waals surface area contributed by atoms with E-state index in [1.807, 2.05) is 10.9 Å². The molecule has 1 fully saturated rings. The number of nitrogens with zero attached hydrogens (tertiary/aromatic N) is 3. The van der Waals surface area contributed by atoms with Crippen molar-refractivity contribution in [3.63, 3.8) is 0 Å². The molecule has 3 unspecified atom stereocenters. The monoisotopic (exact) mass is 236 g/mol. The average Bonchev–Trinajstić information content (AvgIpc) is 2.80. The van der Waals surface area contributed by atoms with Crippen molar-refractivity contribution < 1.29 is 0 Å². The lowest BCUT2D eigenvalue weighted by atomic mass is 9.75. The van der Waals surface area contributed by atoms with Crippen LogP contribution in [0.3, 0.4) is 0 Å². The molecule has 1 aliphatic carbocycles. The molecule has 2 rings (SSSR count). The van der Waals surface area contributed by atoms with Gasteiger partial charge < -0.3 is 5.73 Å². The maximum atomic E-state index is 6.28. The van der Waals surface area contributed by atoms with Crippen molar-refractivity contribution in [2.24, 2.45) is 11.7 Å². The first-order chi connectivity index (χ1) is 8.26. The number of rotatable bonds is 4. The van der Waals surface area contributed by atoms with Gasteiger partial charge in [-0.2, -0.15) is 0 Å². The molecule has 0 amide bonds. The first-order valence-electron chi connectivity index (χ1n) is 6.90. The molecule has 1 aliphatic rings. The van der Waals surface area contributed by atoms with Gasteiger partial charge in [-0.3, -0.25) is 0 Å². The maximum Gasteiger partial charge on any atom is 0.0728 e. The number of hydrogen-bond donors (Lipinski definition) is 1. The molecule has 4 heteroatoms. The number of nitrogens with two attached hydrogens (primary N) is 1. The van der Waals surface area contributed by atoms with E-state index in [0.717, 1.165) is 18.9 Å². The van der Waals surface area contributed by atoms with Crippen LogP contribution in [-0.2, 0) is 6.54 Å². The zero-order valence-electron chi connectivity index (χ0n) is 11.0. The van der Waals surface area contributed by atoms with Gasteiger partial charge in [-0.05, 0) is 32.1 Å². The summed E-state index contributed by atoms with van der Waals surface area (Å²) >= 11 is 0. The lowest BCUT2D eigenvalue weighted by Crippen LogP contribution is -2.35. The van der Waals surface area contributed by atoms with Gasteiger partial charge in [0.1, 0.15) is 0 Å².